The average Bonchev–Trinajstić information content (AvgIpc) is 2.63. The molecule has 0 saturated heterocycles. The summed E-state index contributed by atoms with van der Waals surface area (Å²) < 4.78 is 0. The zero-order chi connectivity index (χ0) is 7.72. The molecule has 0 bridgehead atoms. The molecule has 1 nitrogen and oxygen atoms in total. The van der Waals surface area contributed by atoms with Crippen molar-refractivity contribution in [1.29, 1.82) is 5.41 Å². The zero-order valence-electron chi connectivity index (χ0n) is 7.15. The van der Waals surface area contributed by atoms with E-state index in [1.165, 1.54) is 6.42 Å². The van der Waals surface area contributed by atoms with Gasteiger partial charge in [-0.25, -0.2) is 0 Å². The molecule has 0 spiro atoms. The first-order valence-corrected chi connectivity index (χ1v) is 4.25. The number of hydrogen-bond acceptors (Lipinski definition) is 1. The summed E-state index contributed by atoms with van der Waals surface area (Å²) in [5.74, 6) is 1.98. The summed E-state index contributed by atoms with van der Waals surface area (Å²) in [6, 6.07) is 0. The van der Waals surface area contributed by atoms with Crippen LogP contribution in [0.15, 0.2) is 0 Å². The molecule has 0 amide bonds. The normalized spacial score (nSPS) is 33.5. The van der Waals surface area contributed by atoms with Crippen LogP contribution in [-0.2, 0) is 0 Å². The monoisotopic (exact) mass is 139 g/mol. The maximum atomic E-state index is 7.74. The molecule has 1 heteroatoms. The number of nitrogens with one attached hydrogen (secondary N) is 1. The molecular weight excluding hydrogens is 122 g/mol. The van der Waals surface area contributed by atoms with Gasteiger partial charge in [0.15, 0.2) is 0 Å². The quantitative estimate of drug-likeness (QED) is 0.581. The average molecular weight is 139 g/mol. The van der Waals surface area contributed by atoms with Gasteiger partial charge in [-0.05, 0) is 30.6 Å². The van der Waals surface area contributed by atoms with Gasteiger partial charge in [0.1, 0.15) is 0 Å². The third kappa shape index (κ3) is 1.39. The van der Waals surface area contributed by atoms with Gasteiger partial charge in [-0.15, -0.1) is 0 Å². The summed E-state index contributed by atoms with van der Waals surface area (Å²) in [6.45, 7) is 6.56. The van der Waals surface area contributed by atoms with E-state index < -0.39 is 0 Å². The molecule has 58 valence electrons. The molecule has 1 rings (SSSR count). The summed E-state index contributed by atoms with van der Waals surface area (Å²) in [6.07, 6.45) is 2.39. The Hall–Kier alpha value is -0.330. The topological polar surface area (TPSA) is 23.9 Å². The third-order valence-electron chi connectivity index (χ3n) is 2.65. The van der Waals surface area contributed by atoms with Gasteiger partial charge in [-0.3, -0.25) is 0 Å². The Balaban J connectivity index is 2.35. The van der Waals surface area contributed by atoms with Crippen LogP contribution in [0.2, 0.25) is 0 Å². The predicted molar refractivity (Wildman–Crippen MR) is 44.5 cm³/mol. The van der Waals surface area contributed by atoms with Crippen molar-refractivity contribution in [3.63, 3.8) is 0 Å². The second-order valence-electron chi connectivity index (χ2n) is 3.58. The van der Waals surface area contributed by atoms with Crippen LogP contribution < -0.4 is 0 Å². The molecule has 1 fully saturated rings. The fourth-order valence-electron chi connectivity index (χ4n) is 1.34. The first kappa shape index (κ1) is 7.77. The Morgan fingerprint density at radius 2 is 2.20 bits per heavy atom. The Morgan fingerprint density at radius 1 is 1.70 bits per heavy atom. The summed E-state index contributed by atoms with van der Waals surface area (Å²) in [5, 5.41) is 7.74. The molecule has 1 N–H and O–H groups in total. The second kappa shape index (κ2) is 2.73. The van der Waals surface area contributed by atoms with Crippen LogP contribution >= 0.6 is 0 Å². The SMILES string of the molecule is CCC(C)C(=N)C1CC1C. The Kier molecular flexibility index (Phi) is 2.12. The van der Waals surface area contributed by atoms with Crippen molar-refractivity contribution in [1.82, 2.24) is 0 Å². The molecule has 3 atom stereocenters. The Morgan fingerprint density at radius 3 is 2.50 bits per heavy atom. The minimum atomic E-state index is 0.523. The largest absolute Gasteiger partial charge is 0.309 e. The number of rotatable bonds is 3. The first-order chi connectivity index (χ1) is 4.66. The molecular formula is C9H17N. The highest BCUT2D eigenvalue weighted by Gasteiger charge is 2.37. The molecule has 1 saturated carbocycles. The minimum absolute atomic E-state index is 0.523. The summed E-state index contributed by atoms with van der Waals surface area (Å²) in [4.78, 5) is 0. The molecule has 0 aliphatic heterocycles. The first-order valence-electron chi connectivity index (χ1n) is 4.25. The van der Waals surface area contributed by atoms with Gasteiger partial charge in [-0.1, -0.05) is 20.8 Å². The molecule has 1 aliphatic rings. The highest BCUT2D eigenvalue weighted by atomic mass is 14.5. The van der Waals surface area contributed by atoms with Crippen molar-refractivity contribution in [3.05, 3.63) is 0 Å². The van der Waals surface area contributed by atoms with Crippen LogP contribution in [0.4, 0.5) is 0 Å². The molecule has 1 aliphatic carbocycles. The highest BCUT2D eigenvalue weighted by molar-refractivity contribution is 5.88. The van der Waals surface area contributed by atoms with Gasteiger partial charge in [0, 0.05) is 5.71 Å². The lowest BCUT2D eigenvalue weighted by Crippen LogP contribution is -2.11. The molecule has 0 radical (unpaired) electrons. The van der Waals surface area contributed by atoms with Gasteiger partial charge in [0.05, 0.1) is 0 Å². The van der Waals surface area contributed by atoms with Crippen molar-refractivity contribution in [2.45, 2.75) is 33.6 Å². The van der Waals surface area contributed by atoms with Crippen LogP contribution in [0, 0.1) is 23.2 Å². The third-order valence-corrected chi connectivity index (χ3v) is 2.65. The van der Waals surface area contributed by atoms with Crippen LogP contribution in [0.3, 0.4) is 0 Å². The van der Waals surface area contributed by atoms with Crippen LogP contribution in [0.25, 0.3) is 0 Å². The number of hydrogen-bond donors (Lipinski definition) is 1. The van der Waals surface area contributed by atoms with E-state index in [1.54, 1.807) is 0 Å². The van der Waals surface area contributed by atoms with Gasteiger partial charge >= 0.3 is 0 Å². The fourth-order valence-corrected chi connectivity index (χ4v) is 1.34. The molecule has 0 aromatic rings. The molecule has 0 heterocycles. The Labute approximate surface area is 63.3 Å². The standard InChI is InChI=1S/C9H17N/c1-4-6(2)9(10)8-5-7(8)3/h6-8,10H,4-5H2,1-3H3. The zero-order valence-corrected chi connectivity index (χ0v) is 7.15. The van der Waals surface area contributed by atoms with Crippen molar-refractivity contribution < 1.29 is 0 Å². The van der Waals surface area contributed by atoms with Gasteiger partial charge in [0.25, 0.3) is 0 Å². The smallest absolute Gasteiger partial charge is 0.0151 e. The summed E-state index contributed by atoms with van der Waals surface area (Å²) in [7, 11) is 0. The predicted octanol–water partition coefficient (Wildman–Crippen LogP) is 2.71. The van der Waals surface area contributed by atoms with Crippen molar-refractivity contribution >= 4 is 5.71 Å². The van der Waals surface area contributed by atoms with E-state index in [1.807, 2.05) is 0 Å². The second-order valence-corrected chi connectivity index (χ2v) is 3.58. The van der Waals surface area contributed by atoms with E-state index in [9.17, 15) is 0 Å². The molecule has 0 aromatic carbocycles. The van der Waals surface area contributed by atoms with Gasteiger partial charge < -0.3 is 5.41 Å². The summed E-state index contributed by atoms with van der Waals surface area (Å²) in [5.41, 5.74) is 0.995. The lowest BCUT2D eigenvalue weighted by molar-refractivity contribution is 0.702. The lowest BCUT2D eigenvalue weighted by Gasteiger charge is -2.08. The highest BCUT2D eigenvalue weighted by Crippen LogP contribution is 2.40. The molecule has 0 aromatic heterocycles. The fraction of sp³-hybridized carbons (Fsp3) is 0.889. The van der Waals surface area contributed by atoms with Gasteiger partial charge in [0.2, 0.25) is 0 Å². The lowest BCUT2D eigenvalue weighted by atomic mass is 9.98. The summed E-state index contributed by atoms with van der Waals surface area (Å²) >= 11 is 0. The van der Waals surface area contributed by atoms with Gasteiger partial charge in [-0.2, -0.15) is 0 Å². The van der Waals surface area contributed by atoms with Crippen LogP contribution in [0.1, 0.15) is 33.6 Å². The van der Waals surface area contributed by atoms with Crippen LogP contribution in [-0.4, -0.2) is 5.71 Å². The van der Waals surface area contributed by atoms with Crippen molar-refractivity contribution in [2.24, 2.45) is 17.8 Å². The van der Waals surface area contributed by atoms with E-state index >= 15 is 0 Å². The Bertz CT molecular complexity index is 134. The van der Waals surface area contributed by atoms with Crippen molar-refractivity contribution in [3.8, 4) is 0 Å². The minimum Gasteiger partial charge on any atom is -0.309 e. The van der Waals surface area contributed by atoms with E-state index in [0.717, 1.165) is 18.1 Å². The van der Waals surface area contributed by atoms with Crippen LogP contribution in [0.5, 0.6) is 0 Å². The van der Waals surface area contributed by atoms with E-state index in [0.29, 0.717) is 11.8 Å². The maximum absolute atomic E-state index is 7.74. The van der Waals surface area contributed by atoms with Crippen molar-refractivity contribution in [2.75, 3.05) is 0 Å². The van der Waals surface area contributed by atoms with E-state index in [4.69, 9.17) is 5.41 Å². The molecule has 3 unspecified atom stereocenters. The van der Waals surface area contributed by atoms with E-state index in [-0.39, 0.29) is 0 Å². The molecule has 10 heavy (non-hydrogen) atoms. The van der Waals surface area contributed by atoms with E-state index in [2.05, 4.69) is 20.8 Å². The maximum Gasteiger partial charge on any atom is 0.0151 e.